The molecule has 0 fully saturated rings. The van der Waals surface area contributed by atoms with Crippen molar-refractivity contribution in [2.24, 2.45) is 0 Å². The van der Waals surface area contributed by atoms with Gasteiger partial charge in [-0.2, -0.15) is 0 Å². The molecule has 0 saturated heterocycles. The monoisotopic (exact) mass is 281 g/mol. The van der Waals surface area contributed by atoms with E-state index in [2.05, 4.69) is 19.2 Å². The van der Waals surface area contributed by atoms with E-state index in [0.717, 1.165) is 23.3 Å². The van der Waals surface area contributed by atoms with Gasteiger partial charge in [-0.15, -0.1) is 11.8 Å². The van der Waals surface area contributed by atoms with Gasteiger partial charge in [0.2, 0.25) is 5.91 Å². The van der Waals surface area contributed by atoms with E-state index in [1.165, 1.54) is 11.8 Å². The number of aliphatic hydroxyl groups excluding tert-OH is 1. The molecule has 4 heteroatoms. The Balaban J connectivity index is 2.57. The molecule has 1 unspecified atom stereocenters. The van der Waals surface area contributed by atoms with Crippen molar-refractivity contribution >= 4 is 17.7 Å². The zero-order chi connectivity index (χ0) is 14.3. The molecule has 1 aromatic rings. The first-order valence-electron chi connectivity index (χ1n) is 6.77. The van der Waals surface area contributed by atoms with Gasteiger partial charge in [0.05, 0.1) is 11.9 Å². The van der Waals surface area contributed by atoms with Crippen molar-refractivity contribution in [3.05, 3.63) is 29.8 Å². The van der Waals surface area contributed by atoms with Gasteiger partial charge in [-0.25, -0.2) is 0 Å². The standard InChI is InChI=1S/C15H23NO2S/c1-4-13(5-2)16-15(18)11(3)19-14-8-6-7-12(9-14)10-17/h6-9,11,13,17H,4-5,10H2,1-3H3,(H,16,18). The Hall–Kier alpha value is -1.00. The summed E-state index contributed by atoms with van der Waals surface area (Å²) >= 11 is 1.52. The normalized spacial score (nSPS) is 12.5. The molecule has 0 spiro atoms. The molecular formula is C15H23NO2S. The van der Waals surface area contributed by atoms with E-state index < -0.39 is 0 Å². The van der Waals surface area contributed by atoms with Crippen LogP contribution in [0.5, 0.6) is 0 Å². The third kappa shape index (κ3) is 5.25. The predicted octanol–water partition coefficient (Wildman–Crippen LogP) is 2.96. The molecule has 0 saturated carbocycles. The van der Waals surface area contributed by atoms with Gasteiger partial charge in [0.1, 0.15) is 0 Å². The zero-order valence-electron chi connectivity index (χ0n) is 11.8. The Morgan fingerprint density at radius 1 is 1.37 bits per heavy atom. The number of carbonyl (C=O) groups excluding carboxylic acids is 1. The summed E-state index contributed by atoms with van der Waals surface area (Å²) < 4.78 is 0. The average Bonchev–Trinajstić information content (AvgIpc) is 2.44. The molecule has 0 radical (unpaired) electrons. The van der Waals surface area contributed by atoms with Crippen LogP contribution < -0.4 is 5.32 Å². The van der Waals surface area contributed by atoms with E-state index in [9.17, 15) is 4.79 Å². The quantitative estimate of drug-likeness (QED) is 0.755. The fourth-order valence-corrected chi connectivity index (χ4v) is 2.75. The van der Waals surface area contributed by atoms with Crippen molar-refractivity contribution in [1.29, 1.82) is 0 Å². The van der Waals surface area contributed by atoms with Crippen LogP contribution in [-0.4, -0.2) is 22.3 Å². The van der Waals surface area contributed by atoms with E-state index in [1.807, 2.05) is 31.2 Å². The first kappa shape index (κ1) is 16.1. The molecule has 0 heterocycles. The molecule has 3 nitrogen and oxygen atoms in total. The second kappa shape index (κ2) is 8.23. The van der Waals surface area contributed by atoms with Crippen LogP contribution in [-0.2, 0) is 11.4 Å². The number of carbonyl (C=O) groups is 1. The van der Waals surface area contributed by atoms with E-state index in [4.69, 9.17) is 5.11 Å². The van der Waals surface area contributed by atoms with Gasteiger partial charge in [-0.1, -0.05) is 26.0 Å². The third-order valence-corrected chi connectivity index (χ3v) is 4.19. The van der Waals surface area contributed by atoms with Gasteiger partial charge in [-0.05, 0) is 37.5 Å². The lowest BCUT2D eigenvalue weighted by Gasteiger charge is -2.18. The Morgan fingerprint density at radius 2 is 2.05 bits per heavy atom. The molecule has 0 aliphatic rings. The lowest BCUT2D eigenvalue weighted by Crippen LogP contribution is -2.38. The van der Waals surface area contributed by atoms with Crippen molar-refractivity contribution in [1.82, 2.24) is 5.32 Å². The van der Waals surface area contributed by atoms with Gasteiger partial charge in [0, 0.05) is 10.9 Å². The largest absolute Gasteiger partial charge is 0.392 e. The van der Waals surface area contributed by atoms with E-state index >= 15 is 0 Å². The number of nitrogens with one attached hydrogen (secondary N) is 1. The highest BCUT2D eigenvalue weighted by Gasteiger charge is 2.16. The SMILES string of the molecule is CCC(CC)NC(=O)C(C)Sc1cccc(CO)c1. The molecule has 1 amide bonds. The molecular weight excluding hydrogens is 258 g/mol. The topological polar surface area (TPSA) is 49.3 Å². The van der Waals surface area contributed by atoms with Crippen molar-refractivity contribution in [3.8, 4) is 0 Å². The molecule has 0 aliphatic heterocycles. The number of hydrogen-bond acceptors (Lipinski definition) is 3. The molecule has 1 aromatic carbocycles. The van der Waals surface area contributed by atoms with Gasteiger partial charge in [0.25, 0.3) is 0 Å². The molecule has 1 rings (SSSR count). The van der Waals surface area contributed by atoms with Crippen LogP contribution >= 0.6 is 11.8 Å². The number of benzene rings is 1. The lowest BCUT2D eigenvalue weighted by atomic mass is 10.2. The Kier molecular flexibility index (Phi) is 6.95. The van der Waals surface area contributed by atoms with Gasteiger partial charge in [0.15, 0.2) is 0 Å². The van der Waals surface area contributed by atoms with Crippen molar-refractivity contribution in [2.75, 3.05) is 0 Å². The highest BCUT2D eigenvalue weighted by Crippen LogP contribution is 2.24. The highest BCUT2D eigenvalue weighted by molar-refractivity contribution is 8.00. The van der Waals surface area contributed by atoms with E-state index in [1.54, 1.807) is 0 Å². The van der Waals surface area contributed by atoms with Crippen LogP contribution in [0.4, 0.5) is 0 Å². The Bertz CT molecular complexity index is 405. The van der Waals surface area contributed by atoms with Crippen molar-refractivity contribution in [2.45, 2.75) is 56.4 Å². The predicted molar refractivity (Wildman–Crippen MR) is 80.2 cm³/mol. The second-order valence-electron chi connectivity index (χ2n) is 4.59. The maximum Gasteiger partial charge on any atom is 0.233 e. The summed E-state index contributed by atoms with van der Waals surface area (Å²) in [5.41, 5.74) is 0.873. The lowest BCUT2D eigenvalue weighted by molar-refractivity contribution is -0.121. The van der Waals surface area contributed by atoms with Crippen LogP contribution in [0.15, 0.2) is 29.2 Å². The number of aliphatic hydroxyl groups is 1. The van der Waals surface area contributed by atoms with E-state index in [-0.39, 0.29) is 23.8 Å². The van der Waals surface area contributed by atoms with Crippen LogP contribution in [0.3, 0.4) is 0 Å². The number of rotatable bonds is 7. The molecule has 106 valence electrons. The molecule has 19 heavy (non-hydrogen) atoms. The van der Waals surface area contributed by atoms with Crippen LogP contribution in [0.1, 0.15) is 39.2 Å². The van der Waals surface area contributed by atoms with Crippen molar-refractivity contribution < 1.29 is 9.90 Å². The summed E-state index contributed by atoms with van der Waals surface area (Å²) in [6, 6.07) is 7.92. The van der Waals surface area contributed by atoms with Crippen LogP contribution in [0.2, 0.25) is 0 Å². The molecule has 0 bridgehead atoms. The molecule has 2 N–H and O–H groups in total. The van der Waals surface area contributed by atoms with Crippen LogP contribution in [0, 0.1) is 0 Å². The summed E-state index contributed by atoms with van der Waals surface area (Å²) in [5.74, 6) is 0.0769. The summed E-state index contributed by atoms with van der Waals surface area (Å²) in [6.07, 6.45) is 1.92. The fourth-order valence-electron chi connectivity index (χ4n) is 1.79. The minimum atomic E-state index is -0.130. The first-order chi connectivity index (χ1) is 9.10. The molecule has 0 aliphatic carbocycles. The van der Waals surface area contributed by atoms with Crippen molar-refractivity contribution in [3.63, 3.8) is 0 Å². The average molecular weight is 281 g/mol. The Morgan fingerprint density at radius 3 is 2.63 bits per heavy atom. The maximum absolute atomic E-state index is 12.0. The van der Waals surface area contributed by atoms with Gasteiger partial charge < -0.3 is 10.4 Å². The fraction of sp³-hybridized carbons (Fsp3) is 0.533. The number of amides is 1. The molecule has 0 aromatic heterocycles. The summed E-state index contributed by atoms with van der Waals surface area (Å²) in [4.78, 5) is 13.1. The zero-order valence-corrected chi connectivity index (χ0v) is 12.7. The third-order valence-electron chi connectivity index (χ3n) is 3.10. The minimum absolute atomic E-state index is 0.0305. The second-order valence-corrected chi connectivity index (χ2v) is 6.00. The van der Waals surface area contributed by atoms with Gasteiger partial charge >= 0.3 is 0 Å². The summed E-state index contributed by atoms with van der Waals surface area (Å²) in [7, 11) is 0. The number of thioether (sulfide) groups is 1. The minimum Gasteiger partial charge on any atom is -0.392 e. The first-order valence-corrected chi connectivity index (χ1v) is 7.65. The Labute approximate surface area is 119 Å². The summed E-state index contributed by atoms with van der Waals surface area (Å²) in [5, 5.41) is 12.0. The molecule has 1 atom stereocenters. The van der Waals surface area contributed by atoms with Gasteiger partial charge in [-0.3, -0.25) is 4.79 Å². The smallest absolute Gasteiger partial charge is 0.233 e. The van der Waals surface area contributed by atoms with Crippen LogP contribution in [0.25, 0.3) is 0 Å². The van der Waals surface area contributed by atoms with E-state index in [0.29, 0.717) is 0 Å². The summed E-state index contributed by atoms with van der Waals surface area (Å²) in [6.45, 7) is 6.10. The highest BCUT2D eigenvalue weighted by atomic mass is 32.2. The maximum atomic E-state index is 12.0. The number of hydrogen-bond donors (Lipinski definition) is 2.